The van der Waals surface area contributed by atoms with Crippen LogP contribution in [0.1, 0.15) is 58.6 Å². The number of nitrogens with one attached hydrogen (secondary N) is 1. The third kappa shape index (κ3) is 6.37. The molecule has 2 heterocycles. The molecule has 9 heteroatoms. The molecule has 0 fully saturated rings. The molecule has 0 saturated carbocycles. The monoisotopic (exact) mass is 521 g/mol. The van der Waals surface area contributed by atoms with E-state index in [0.717, 1.165) is 48.1 Å². The van der Waals surface area contributed by atoms with Crippen LogP contribution in [-0.4, -0.2) is 26.4 Å². The van der Waals surface area contributed by atoms with Crippen LogP contribution < -0.4 is 10.1 Å². The lowest BCUT2D eigenvalue weighted by Crippen LogP contribution is -2.15. The van der Waals surface area contributed by atoms with Crippen LogP contribution in [0.3, 0.4) is 0 Å². The quantitative estimate of drug-likeness (QED) is 0.275. The number of hydrogen-bond acceptors (Lipinski definition) is 7. The Bertz CT molecular complexity index is 1270. The van der Waals surface area contributed by atoms with E-state index in [1.807, 2.05) is 30.5 Å². The minimum Gasteiger partial charge on any atom is -0.486 e. The van der Waals surface area contributed by atoms with Crippen LogP contribution in [0.2, 0.25) is 0 Å². The second-order valence-corrected chi connectivity index (χ2v) is 11.0. The minimum atomic E-state index is -0.160. The molecule has 0 saturated heterocycles. The molecular weight excluding hydrogens is 490 g/mol. The summed E-state index contributed by atoms with van der Waals surface area (Å²) in [5, 5.41) is 22.6. The zero-order valence-corrected chi connectivity index (χ0v) is 22.4. The van der Waals surface area contributed by atoms with Crippen LogP contribution in [0.4, 0.5) is 5.00 Å². The lowest BCUT2D eigenvalue weighted by Gasteiger charge is -2.10. The predicted molar refractivity (Wildman–Crippen MR) is 145 cm³/mol. The number of benzene rings is 1. The van der Waals surface area contributed by atoms with Crippen molar-refractivity contribution in [3.8, 4) is 11.8 Å². The number of nitrogens with zero attached hydrogens (tertiary/aromatic N) is 4. The van der Waals surface area contributed by atoms with Gasteiger partial charge in [0, 0.05) is 11.4 Å². The summed E-state index contributed by atoms with van der Waals surface area (Å²) >= 11 is 2.87. The molecule has 7 nitrogen and oxygen atoms in total. The average Bonchev–Trinajstić information content (AvgIpc) is 3.35. The number of rotatable bonds is 9. The summed E-state index contributed by atoms with van der Waals surface area (Å²) in [6, 6.07) is 8.41. The summed E-state index contributed by atoms with van der Waals surface area (Å²) in [6.07, 6.45) is 8.32. The van der Waals surface area contributed by atoms with E-state index in [9.17, 15) is 10.1 Å². The molecule has 1 amide bonds. The van der Waals surface area contributed by atoms with Crippen molar-refractivity contribution in [2.75, 3.05) is 11.1 Å². The molecule has 2 aromatic heterocycles. The molecule has 1 aliphatic carbocycles. The highest BCUT2D eigenvalue weighted by Gasteiger charge is 2.21. The topological polar surface area (TPSA) is 92.8 Å². The van der Waals surface area contributed by atoms with Crippen molar-refractivity contribution >= 4 is 34.0 Å². The summed E-state index contributed by atoms with van der Waals surface area (Å²) < 4.78 is 7.87. The Morgan fingerprint density at radius 1 is 1.22 bits per heavy atom. The van der Waals surface area contributed by atoms with Crippen molar-refractivity contribution in [2.24, 2.45) is 0 Å². The van der Waals surface area contributed by atoms with Crippen molar-refractivity contribution < 1.29 is 9.53 Å². The summed E-state index contributed by atoms with van der Waals surface area (Å²) in [4.78, 5) is 14.1. The first-order valence-electron chi connectivity index (χ1n) is 12.2. The predicted octanol–water partition coefficient (Wildman–Crippen LogP) is 5.98. The van der Waals surface area contributed by atoms with E-state index >= 15 is 0 Å². The molecular formula is C27H31N5O2S2. The number of anilines is 1. The lowest BCUT2D eigenvalue weighted by atomic mass is 9.97. The molecule has 3 aromatic rings. The van der Waals surface area contributed by atoms with E-state index in [1.54, 1.807) is 17.4 Å². The average molecular weight is 522 g/mol. The van der Waals surface area contributed by atoms with Crippen LogP contribution in [0.5, 0.6) is 5.75 Å². The number of carbonyl (C=O) groups is 1. The molecule has 188 valence electrons. The molecule has 36 heavy (non-hydrogen) atoms. The maximum absolute atomic E-state index is 12.8. The zero-order valence-electron chi connectivity index (χ0n) is 20.8. The maximum atomic E-state index is 12.8. The van der Waals surface area contributed by atoms with E-state index in [4.69, 9.17) is 4.74 Å². The Hall–Kier alpha value is -3.09. The number of ether oxygens (including phenoxy) is 1. The normalized spacial score (nSPS) is 13.2. The van der Waals surface area contributed by atoms with Gasteiger partial charge in [-0.05, 0) is 68.4 Å². The SMILES string of the molecule is C=CCn1c(COc2cc(C)cc(C)c2)nnc1SCC(=O)Nc1sc2c(c1C#N)CCCCCC2. The molecule has 0 bridgehead atoms. The number of carbonyl (C=O) groups excluding carboxylic acids is 1. The Kier molecular flexibility index (Phi) is 8.83. The Morgan fingerprint density at radius 3 is 2.69 bits per heavy atom. The van der Waals surface area contributed by atoms with E-state index in [2.05, 4.69) is 34.2 Å². The lowest BCUT2D eigenvalue weighted by molar-refractivity contribution is -0.113. The Morgan fingerprint density at radius 2 is 1.97 bits per heavy atom. The van der Waals surface area contributed by atoms with Gasteiger partial charge in [-0.1, -0.05) is 36.7 Å². The van der Waals surface area contributed by atoms with Gasteiger partial charge in [-0.3, -0.25) is 9.36 Å². The van der Waals surface area contributed by atoms with Crippen LogP contribution >= 0.6 is 23.1 Å². The first kappa shape index (κ1) is 26.0. The number of aryl methyl sites for hydroxylation is 3. The van der Waals surface area contributed by atoms with Gasteiger partial charge in [-0.25, -0.2) is 0 Å². The molecule has 0 spiro atoms. The Balaban J connectivity index is 1.41. The van der Waals surface area contributed by atoms with E-state index in [1.165, 1.54) is 29.5 Å². The molecule has 1 aliphatic rings. The van der Waals surface area contributed by atoms with Gasteiger partial charge in [0.25, 0.3) is 0 Å². The van der Waals surface area contributed by atoms with Gasteiger partial charge in [0.15, 0.2) is 11.0 Å². The van der Waals surface area contributed by atoms with Gasteiger partial charge in [-0.2, -0.15) is 5.26 Å². The number of aromatic nitrogens is 3. The Labute approximate surface area is 220 Å². The number of allylic oxidation sites excluding steroid dienone is 1. The van der Waals surface area contributed by atoms with Crippen molar-refractivity contribution in [1.29, 1.82) is 5.26 Å². The van der Waals surface area contributed by atoms with E-state index in [-0.39, 0.29) is 18.3 Å². The van der Waals surface area contributed by atoms with Crippen molar-refractivity contribution in [3.63, 3.8) is 0 Å². The molecule has 0 unspecified atom stereocenters. The van der Waals surface area contributed by atoms with Gasteiger partial charge in [0.2, 0.25) is 5.91 Å². The van der Waals surface area contributed by atoms with Crippen LogP contribution in [0, 0.1) is 25.2 Å². The first-order valence-corrected chi connectivity index (χ1v) is 14.0. The number of amides is 1. The smallest absolute Gasteiger partial charge is 0.235 e. The fourth-order valence-corrected chi connectivity index (χ4v) is 6.45. The molecule has 0 atom stereocenters. The largest absolute Gasteiger partial charge is 0.486 e. The van der Waals surface area contributed by atoms with Crippen molar-refractivity contribution in [2.45, 2.75) is 70.7 Å². The highest BCUT2D eigenvalue weighted by molar-refractivity contribution is 7.99. The fraction of sp³-hybridized carbons (Fsp3) is 0.407. The van der Waals surface area contributed by atoms with Gasteiger partial charge in [-0.15, -0.1) is 28.1 Å². The van der Waals surface area contributed by atoms with Crippen molar-refractivity contribution in [1.82, 2.24) is 14.8 Å². The highest BCUT2D eigenvalue weighted by Crippen LogP contribution is 2.36. The maximum Gasteiger partial charge on any atom is 0.235 e. The summed E-state index contributed by atoms with van der Waals surface area (Å²) in [7, 11) is 0. The number of hydrogen-bond donors (Lipinski definition) is 1. The third-order valence-electron chi connectivity index (χ3n) is 6.04. The van der Waals surface area contributed by atoms with Crippen LogP contribution in [0.15, 0.2) is 36.0 Å². The molecule has 1 aromatic carbocycles. The van der Waals surface area contributed by atoms with E-state index < -0.39 is 0 Å². The summed E-state index contributed by atoms with van der Waals surface area (Å²) in [5.74, 6) is 1.46. The standard InChI is InChI=1S/C27H31N5O2S2/c1-4-11-32-24(16-34-20-13-18(2)12-19(3)14-20)30-31-27(32)35-17-25(33)29-26-22(15-28)21-9-7-5-6-8-10-23(21)36-26/h4,12-14H,1,5-11,16-17H2,2-3H3,(H,29,33). The number of thiophene rings is 1. The minimum absolute atomic E-state index is 0.160. The number of fused-ring (bicyclic) bond motifs is 1. The van der Waals surface area contributed by atoms with Crippen molar-refractivity contribution in [3.05, 3.63) is 63.8 Å². The molecule has 4 rings (SSSR count). The number of thioether (sulfide) groups is 1. The zero-order chi connectivity index (χ0) is 25.5. The van der Waals surface area contributed by atoms with Gasteiger partial charge in [0.1, 0.15) is 23.4 Å². The van der Waals surface area contributed by atoms with Crippen LogP contribution in [-0.2, 0) is 30.8 Å². The second-order valence-electron chi connectivity index (χ2n) is 8.98. The first-order chi connectivity index (χ1) is 17.5. The van der Waals surface area contributed by atoms with E-state index in [0.29, 0.717) is 28.1 Å². The van der Waals surface area contributed by atoms with Gasteiger partial charge >= 0.3 is 0 Å². The molecule has 0 aliphatic heterocycles. The van der Waals surface area contributed by atoms with Gasteiger partial charge in [0.05, 0.1) is 11.3 Å². The second kappa shape index (κ2) is 12.2. The highest BCUT2D eigenvalue weighted by atomic mass is 32.2. The van der Waals surface area contributed by atoms with Gasteiger partial charge < -0.3 is 10.1 Å². The van der Waals surface area contributed by atoms with Crippen LogP contribution in [0.25, 0.3) is 0 Å². The fourth-order valence-electron chi connectivity index (χ4n) is 4.43. The summed E-state index contributed by atoms with van der Waals surface area (Å²) in [6.45, 7) is 8.69. The molecule has 0 radical (unpaired) electrons. The number of nitriles is 1. The molecule has 1 N–H and O–H groups in total. The third-order valence-corrected chi connectivity index (χ3v) is 8.21. The summed E-state index contributed by atoms with van der Waals surface area (Å²) in [5.41, 5.74) is 4.04.